The minimum absolute atomic E-state index is 0.340. The molecule has 0 spiro atoms. The van der Waals surface area contributed by atoms with Crippen LogP contribution in [0.1, 0.15) is 19.4 Å². The van der Waals surface area contributed by atoms with Crippen molar-refractivity contribution in [2.75, 3.05) is 17.2 Å². The maximum atomic E-state index is 11.3. The topological polar surface area (TPSA) is 63.2 Å². The molecule has 1 aromatic heterocycles. The predicted molar refractivity (Wildman–Crippen MR) is 84.0 cm³/mol. The van der Waals surface area contributed by atoms with Gasteiger partial charge in [0.05, 0.1) is 18.5 Å². The quantitative estimate of drug-likeness (QED) is 0.873. The number of carbonyl (C=O) groups excluding carboxylic acids is 1. The molecule has 2 aromatic rings. The number of nitrogens with zero attached hydrogens (tertiary/aromatic N) is 1. The lowest BCUT2D eigenvalue weighted by atomic mass is 10.1. The lowest BCUT2D eigenvalue weighted by Crippen LogP contribution is -2.13. The van der Waals surface area contributed by atoms with Crippen LogP contribution in [-0.2, 0) is 11.2 Å². The summed E-state index contributed by atoms with van der Waals surface area (Å²) in [6.07, 6.45) is 2.13. The summed E-state index contributed by atoms with van der Waals surface area (Å²) in [6, 6.07) is 11.8. The summed E-state index contributed by atoms with van der Waals surface area (Å²) >= 11 is 0. The van der Waals surface area contributed by atoms with Crippen molar-refractivity contribution in [2.45, 2.75) is 20.3 Å². The van der Waals surface area contributed by atoms with Crippen LogP contribution in [0.15, 0.2) is 42.6 Å². The molecule has 0 saturated heterocycles. The van der Waals surface area contributed by atoms with Crippen LogP contribution in [0.25, 0.3) is 0 Å². The van der Waals surface area contributed by atoms with Gasteiger partial charge in [0.25, 0.3) is 0 Å². The number of hydrogen-bond acceptors (Lipinski definition) is 4. The summed E-state index contributed by atoms with van der Waals surface area (Å²) in [6.45, 7) is 4.22. The van der Waals surface area contributed by atoms with E-state index in [-0.39, 0.29) is 0 Å². The first-order valence-electron chi connectivity index (χ1n) is 6.97. The van der Waals surface area contributed by atoms with E-state index >= 15 is 0 Å². The van der Waals surface area contributed by atoms with Crippen molar-refractivity contribution >= 4 is 23.3 Å². The summed E-state index contributed by atoms with van der Waals surface area (Å²) < 4.78 is 4.80. The Balaban J connectivity index is 1.96. The average molecular weight is 285 g/mol. The third kappa shape index (κ3) is 4.49. The number of aryl methyl sites for hydroxylation is 1. The lowest BCUT2D eigenvalue weighted by molar-refractivity contribution is 0.168. The number of hydrogen-bond donors (Lipinski definition) is 2. The van der Waals surface area contributed by atoms with E-state index in [0.717, 1.165) is 12.1 Å². The molecule has 2 rings (SSSR count). The molecule has 110 valence electrons. The van der Waals surface area contributed by atoms with Crippen molar-refractivity contribution in [2.24, 2.45) is 0 Å². The van der Waals surface area contributed by atoms with Crippen molar-refractivity contribution in [3.8, 4) is 0 Å². The number of amides is 1. The van der Waals surface area contributed by atoms with Crippen molar-refractivity contribution in [1.29, 1.82) is 0 Å². The summed E-state index contributed by atoms with van der Waals surface area (Å²) in [5, 5.41) is 5.80. The number of pyridine rings is 1. The smallest absolute Gasteiger partial charge is 0.411 e. The second kappa shape index (κ2) is 7.28. The van der Waals surface area contributed by atoms with Crippen LogP contribution in [0.4, 0.5) is 22.0 Å². The molecule has 0 bridgehead atoms. The van der Waals surface area contributed by atoms with Gasteiger partial charge in [0, 0.05) is 5.69 Å². The first-order valence-corrected chi connectivity index (χ1v) is 6.97. The van der Waals surface area contributed by atoms with Crippen molar-refractivity contribution in [1.82, 2.24) is 4.98 Å². The predicted octanol–water partition coefficient (Wildman–Crippen LogP) is 3.96. The van der Waals surface area contributed by atoms with Gasteiger partial charge < -0.3 is 10.1 Å². The summed E-state index contributed by atoms with van der Waals surface area (Å²) in [5.41, 5.74) is 2.87. The SMILES string of the molecule is CCOC(=O)Nc1ccc(Nc2ccc(CC)cc2)nc1. The molecule has 0 saturated carbocycles. The van der Waals surface area contributed by atoms with Crippen LogP contribution in [-0.4, -0.2) is 17.7 Å². The van der Waals surface area contributed by atoms with Crippen LogP contribution in [0.3, 0.4) is 0 Å². The highest BCUT2D eigenvalue weighted by atomic mass is 16.5. The zero-order chi connectivity index (χ0) is 15.1. The highest BCUT2D eigenvalue weighted by Crippen LogP contribution is 2.17. The fourth-order valence-electron chi connectivity index (χ4n) is 1.80. The van der Waals surface area contributed by atoms with Gasteiger partial charge in [0.15, 0.2) is 0 Å². The van der Waals surface area contributed by atoms with Crippen molar-refractivity contribution in [3.05, 3.63) is 48.2 Å². The van der Waals surface area contributed by atoms with Crippen LogP contribution in [0, 0.1) is 0 Å². The van der Waals surface area contributed by atoms with Gasteiger partial charge in [0.1, 0.15) is 5.82 Å². The van der Waals surface area contributed by atoms with E-state index in [1.807, 2.05) is 12.1 Å². The average Bonchev–Trinajstić information content (AvgIpc) is 2.50. The molecular formula is C16H19N3O2. The van der Waals surface area contributed by atoms with Gasteiger partial charge in [0.2, 0.25) is 0 Å². The van der Waals surface area contributed by atoms with Gasteiger partial charge in [-0.25, -0.2) is 9.78 Å². The molecule has 0 aliphatic rings. The zero-order valence-electron chi connectivity index (χ0n) is 12.2. The zero-order valence-corrected chi connectivity index (χ0v) is 12.2. The van der Waals surface area contributed by atoms with E-state index in [9.17, 15) is 4.79 Å². The highest BCUT2D eigenvalue weighted by molar-refractivity contribution is 5.84. The third-order valence-corrected chi connectivity index (χ3v) is 2.92. The standard InChI is InChI=1S/C16H19N3O2/c1-3-12-5-7-13(8-6-12)18-15-10-9-14(11-17-15)19-16(20)21-4-2/h5-11H,3-4H2,1-2H3,(H,17,18)(H,19,20). The first-order chi connectivity index (χ1) is 10.2. The van der Waals surface area contributed by atoms with Gasteiger partial charge >= 0.3 is 6.09 Å². The molecule has 1 heterocycles. The van der Waals surface area contributed by atoms with Gasteiger partial charge in [-0.15, -0.1) is 0 Å². The number of ether oxygens (including phenoxy) is 1. The molecule has 0 aliphatic carbocycles. The molecule has 1 aromatic carbocycles. The van der Waals surface area contributed by atoms with E-state index in [1.54, 1.807) is 25.3 Å². The Kier molecular flexibility index (Phi) is 5.15. The van der Waals surface area contributed by atoms with E-state index in [1.165, 1.54) is 5.56 Å². The number of benzene rings is 1. The van der Waals surface area contributed by atoms with Gasteiger partial charge in [-0.2, -0.15) is 0 Å². The Hall–Kier alpha value is -2.56. The molecule has 0 radical (unpaired) electrons. The van der Waals surface area contributed by atoms with Gasteiger partial charge in [-0.05, 0) is 43.2 Å². The van der Waals surface area contributed by atoms with Crippen LogP contribution >= 0.6 is 0 Å². The number of carbonyl (C=O) groups is 1. The monoisotopic (exact) mass is 285 g/mol. The van der Waals surface area contributed by atoms with Gasteiger partial charge in [-0.3, -0.25) is 5.32 Å². The largest absolute Gasteiger partial charge is 0.450 e. The second-order valence-corrected chi connectivity index (χ2v) is 4.45. The van der Waals surface area contributed by atoms with Crippen LogP contribution < -0.4 is 10.6 Å². The van der Waals surface area contributed by atoms with Crippen molar-refractivity contribution in [3.63, 3.8) is 0 Å². The summed E-state index contributed by atoms with van der Waals surface area (Å²) in [7, 11) is 0. The normalized spacial score (nSPS) is 10.0. The van der Waals surface area contributed by atoms with Crippen LogP contribution in [0.2, 0.25) is 0 Å². The molecule has 2 N–H and O–H groups in total. The second-order valence-electron chi connectivity index (χ2n) is 4.45. The molecule has 5 nitrogen and oxygen atoms in total. The Morgan fingerprint density at radius 1 is 1.10 bits per heavy atom. The van der Waals surface area contributed by atoms with Crippen molar-refractivity contribution < 1.29 is 9.53 Å². The van der Waals surface area contributed by atoms with E-state index in [4.69, 9.17) is 4.74 Å². The van der Waals surface area contributed by atoms with E-state index in [2.05, 4.69) is 34.7 Å². The fourth-order valence-corrected chi connectivity index (χ4v) is 1.80. The number of anilines is 3. The molecule has 5 heteroatoms. The molecule has 0 aliphatic heterocycles. The lowest BCUT2D eigenvalue weighted by Gasteiger charge is -2.08. The number of nitrogens with one attached hydrogen (secondary N) is 2. The van der Waals surface area contributed by atoms with Crippen LogP contribution in [0.5, 0.6) is 0 Å². The maximum absolute atomic E-state index is 11.3. The molecule has 0 fully saturated rings. The Labute approximate surface area is 124 Å². The first kappa shape index (κ1) is 14.8. The number of aromatic nitrogens is 1. The molecular weight excluding hydrogens is 266 g/mol. The summed E-state index contributed by atoms with van der Waals surface area (Å²) in [4.78, 5) is 15.5. The van der Waals surface area contributed by atoms with Gasteiger partial charge in [-0.1, -0.05) is 19.1 Å². The maximum Gasteiger partial charge on any atom is 0.411 e. The molecule has 21 heavy (non-hydrogen) atoms. The number of rotatable bonds is 5. The highest BCUT2D eigenvalue weighted by Gasteiger charge is 2.02. The minimum Gasteiger partial charge on any atom is -0.450 e. The molecule has 0 atom stereocenters. The molecule has 1 amide bonds. The third-order valence-electron chi connectivity index (χ3n) is 2.92. The Bertz CT molecular complexity index is 579. The summed E-state index contributed by atoms with van der Waals surface area (Å²) in [5.74, 6) is 0.716. The Morgan fingerprint density at radius 3 is 2.38 bits per heavy atom. The van der Waals surface area contributed by atoms with E-state index < -0.39 is 6.09 Å². The molecule has 0 unspecified atom stereocenters. The fraction of sp³-hybridized carbons (Fsp3) is 0.250. The Morgan fingerprint density at radius 2 is 1.81 bits per heavy atom. The van der Waals surface area contributed by atoms with E-state index in [0.29, 0.717) is 18.1 Å². The minimum atomic E-state index is -0.477.